The molecule has 2 rings (SSSR count). The first-order valence-corrected chi connectivity index (χ1v) is 5.24. The zero-order chi connectivity index (χ0) is 11.5. The van der Waals surface area contributed by atoms with Crippen molar-refractivity contribution in [3.63, 3.8) is 0 Å². The Morgan fingerprint density at radius 2 is 2.19 bits per heavy atom. The van der Waals surface area contributed by atoms with E-state index in [1.807, 2.05) is 31.2 Å². The van der Waals surface area contributed by atoms with Gasteiger partial charge < -0.3 is 15.0 Å². The summed E-state index contributed by atoms with van der Waals surface area (Å²) in [5.74, 6) is 1.31. The number of aromatic nitrogens is 1. The molecule has 0 radical (unpaired) electrons. The zero-order valence-corrected chi connectivity index (χ0v) is 9.49. The number of hydrogen-bond donors (Lipinski definition) is 1. The summed E-state index contributed by atoms with van der Waals surface area (Å²) in [4.78, 5) is 0. The van der Waals surface area contributed by atoms with Crippen molar-refractivity contribution in [2.24, 2.45) is 0 Å². The summed E-state index contributed by atoms with van der Waals surface area (Å²) < 4.78 is 10.5. The van der Waals surface area contributed by atoms with Crippen LogP contribution in [0.5, 0.6) is 5.75 Å². The van der Waals surface area contributed by atoms with E-state index in [-0.39, 0.29) is 5.82 Å². The Balaban J connectivity index is 2.51. The second kappa shape index (κ2) is 4.45. The maximum atomic E-state index is 5.98. The molecule has 84 valence electrons. The molecule has 4 nitrogen and oxygen atoms in total. The number of nitrogens with two attached hydrogens (primary N) is 1. The van der Waals surface area contributed by atoms with Gasteiger partial charge in [0.15, 0.2) is 11.6 Å². The SMILES string of the molecule is CCOc1ccccc1-c1onc(N)c1Cl. The number of benzene rings is 1. The molecule has 0 aliphatic carbocycles. The highest BCUT2D eigenvalue weighted by Gasteiger charge is 2.17. The van der Waals surface area contributed by atoms with Gasteiger partial charge >= 0.3 is 0 Å². The van der Waals surface area contributed by atoms with Crippen molar-refractivity contribution in [1.29, 1.82) is 0 Å². The van der Waals surface area contributed by atoms with E-state index in [1.54, 1.807) is 0 Å². The van der Waals surface area contributed by atoms with Gasteiger partial charge in [-0.1, -0.05) is 28.9 Å². The lowest BCUT2D eigenvalue weighted by atomic mass is 10.1. The molecule has 0 spiro atoms. The second-order valence-electron chi connectivity index (χ2n) is 3.14. The van der Waals surface area contributed by atoms with Gasteiger partial charge in [0.1, 0.15) is 10.8 Å². The van der Waals surface area contributed by atoms with Crippen LogP contribution in [0.4, 0.5) is 5.82 Å². The number of ether oxygens (including phenoxy) is 1. The third-order valence-electron chi connectivity index (χ3n) is 2.09. The molecular weight excluding hydrogens is 228 g/mol. The van der Waals surface area contributed by atoms with Crippen LogP contribution in [0.25, 0.3) is 11.3 Å². The number of nitrogens with zero attached hydrogens (tertiary/aromatic N) is 1. The summed E-state index contributed by atoms with van der Waals surface area (Å²) >= 11 is 5.98. The van der Waals surface area contributed by atoms with Crippen molar-refractivity contribution >= 4 is 17.4 Å². The average Bonchev–Trinajstić information content (AvgIpc) is 2.61. The summed E-state index contributed by atoms with van der Waals surface area (Å²) in [6, 6.07) is 7.43. The van der Waals surface area contributed by atoms with E-state index in [0.717, 1.165) is 5.56 Å². The summed E-state index contributed by atoms with van der Waals surface area (Å²) in [5.41, 5.74) is 6.27. The van der Waals surface area contributed by atoms with Gasteiger partial charge in [-0.3, -0.25) is 0 Å². The Labute approximate surface area is 97.9 Å². The molecule has 0 amide bonds. The Hall–Kier alpha value is -1.68. The van der Waals surface area contributed by atoms with Gasteiger partial charge in [0, 0.05) is 0 Å². The number of rotatable bonds is 3. The van der Waals surface area contributed by atoms with Crippen molar-refractivity contribution in [2.75, 3.05) is 12.3 Å². The minimum atomic E-state index is 0.183. The van der Waals surface area contributed by atoms with E-state index < -0.39 is 0 Å². The van der Waals surface area contributed by atoms with Gasteiger partial charge in [-0.05, 0) is 19.1 Å². The Morgan fingerprint density at radius 3 is 2.81 bits per heavy atom. The Morgan fingerprint density at radius 1 is 1.44 bits per heavy atom. The number of anilines is 1. The summed E-state index contributed by atoms with van der Waals surface area (Å²) in [7, 11) is 0. The summed E-state index contributed by atoms with van der Waals surface area (Å²) in [6.45, 7) is 2.48. The van der Waals surface area contributed by atoms with Gasteiger partial charge in [0.2, 0.25) is 0 Å². The minimum absolute atomic E-state index is 0.183. The van der Waals surface area contributed by atoms with Gasteiger partial charge in [-0.25, -0.2) is 0 Å². The highest BCUT2D eigenvalue weighted by atomic mass is 35.5. The fourth-order valence-corrected chi connectivity index (χ4v) is 1.57. The van der Waals surface area contributed by atoms with E-state index in [2.05, 4.69) is 5.16 Å². The standard InChI is InChI=1S/C11H11ClN2O2/c1-2-15-8-6-4-3-5-7(8)10-9(12)11(13)14-16-10/h3-6H,2H2,1H3,(H2,13,14). The molecule has 5 heteroatoms. The average molecular weight is 239 g/mol. The van der Waals surface area contributed by atoms with E-state index in [1.165, 1.54) is 0 Å². The van der Waals surface area contributed by atoms with Gasteiger partial charge in [0.25, 0.3) is 0 Å². The molecule has 0 unspecified atom stereocenters. The van der Waals surface area contributed by atoms with Crippen LogP contribution in [0.1, 0.15) is 6.92 Å². The molecule has 2 N–H and O–H groups in total. The van der Waals surface area contributed by atoms with E-state index in [0.29, 0.717) is 23.1 Å². The normalized spacial score (nSPS) is 10.4. The highest BCUT2D eigenvalue weighted by molar-refractivity contribution is 6.35. The van der Waals surface area contributed by atoms with E-state index in [4.69, 9.17) is 26.6 Å². The minimum Gasteiger partial charge on any atom is -0.493 e. The maximum Gasteiger partial charge on any atom is 0.191 e. The Kier molecular flexibility index (Phi) is 3.01. The highest BCUT2D eigenvalue weighted by Crippen LogP contribution is 2.37. The molecular formula is C11H11ClN2O2. The molecule has 0 saturated carbocycles. The Bertz CT molecular complexity index is 496. The molecule has 0 bridgehead atoms. The van der Waals surface area contributed by atoms with Gasteiger partial charge in [-0.2, -0.15) is 0 Å². The van der Waals surface area contributed by atoms with Crippen molar-refractivity contribution in [3.8, 4) is 17.1 Å². The van der Waals surface area contributed by atoms with Crippen LogP contribution < -0.4 is 10.5 Å². The molecule has 0 fully saturated rings. The number of nitrogen functional groups attached to an aromatic ring is 1. The maximum absolute atomic E-state index is 5.98. The molecule has 0 atom stereocenters. The molecule has 0 saturated heterocycles. The molecule has 0 aliphatic rings. The number of para-hydroxylation sites is 1. The topological polar surface area (TPSA) is 61.3 Å². The lowest BCUT2D eigenvalue weighted by Crippen LogP contribution is -1.93. The van der Waals surface area contributed by atoms with Crippen molar-refractivity contribution in [1.82, 2.24) is 5.16 Å². The lowest BCUT2D eigenvalue weighted by Gasteiger charge is -2.07. The first-order chi connectivity index (χ1) is 7.74. The van der Waals surface area contributed by atoms with E-state index >= 15 is 0 Å². The third-order valence-corrected chi connectivity index (χ3v) is 2.46. The fraction of sp³-hybridized carbons (Fsp3) is 0.182. The van der Waals surface area contributed by atoms with Crippen molar-refractivity contribution in [2.45, 2.75) is 6.92 Å². The van der Waals surface area contributed by atoms with Crippen LogP contribution >= 0.6 is 11.6 Å². The molecule has 2 aromatic rings. The first-order valence-electron chi connectivity index (χ1n) is 4.87. The first kappa shape index (κ1) is 10.8. The van der Waals surface area contributed by atoms with E-state index in [9.17, 15) is 0 Å². The number of halogens is 1. The van der Waals surface area contributed by atoms with Crippen molar-refractivity contribution in [3.05, 3.63) is 29.3 Å². The smallest absolute Gasteiger partial charge is 0.191 e. The van der Waals surface area contributed by atoms with Crippen LogP contribution in [0, 0.1) is 0 Å². The van der Waals surface area contributed by atoms with Gasteiger partial charge in [-0.15, -0.1) is 0 Å². The van der Waals surface area contributed by atoms with Gasteiger partial charge in [0.05, 0.1) is 12.2 Å². The molecule has 0 aliphatic heterocycles. The monoisotopic (exact) mass is 238 g/mol. The summed E-state index contributed by atoms with van der Waals surface area (Å²) in [5, 5.41) is 3.92. The van der Waals surface area contributed by atoms with Crippen LogP contribution in [0.15, 0.2) is 28.8 Å². The molecule has 1 aromatic carbocycles. The predicted octanol–water partition coefficient (Wildman–Crippen LogP) is 2.98. The molecule has 1 aromatic heterocycles. The quantitative estimate of drug-likeness (QED) is 0.893. The fourth-order valence-electron chi connectivity index (χ4n) is 1.39. The van der Waals surface area contributed by atoms with Crippen LogP contribution in [0.2, 0.25) is 5.02 Å². The largest absolute Gasteiger partial charge is 0.493 e. The van der Waals surface area contributed by atoms with Crippen LogP contribution in [0.3, 0.4) is 0 Å². The second-order valence-corrected chi connectivity index (χ2v) is 3.52. The summed E-state index contributed by atoms with van der Waals surface area (Å²) in [6.07, 6.45) is 0. The molecule has 1 heterocycles. The third kappa shape index (κ3) is 1.84. The zero-order valence-electron chi connectivity index (χ0n) is 8.74. The predicted molar refractivity (Wildman–Crippen MR) is 62.5 cm³/mol. The lowest BCUT2D eigenvalue weighted by molar-refractivity contribution is 0.339. The molecule has 16 heavy (non-hydrogen) atoms. The van der Waals surface area contributed by atoms with Crippen LogP contribution in [-0.2, 0) is 0 Å². The van der Waals surface area contributed by atoms with Crippen molar-refractivity contribution < 1.29 is 9.26 Å². The van der Waals surface area contributed by atoms with Crippen LogP contribution in [-0.4, -0.2) is 11.8 Å². The number of hydrogen-bond acceptors (Lipinski definition) is 4.